The van der Waals surface area contributed by atoms with Gasteiger partial charge in [0.15, 0.2) is 0 Å². The first kappa shape index (κ1) is 16.9. The average molecular weight is 397 g/mol. The molecule has 2 N–H and O–H groups in total. The van der Waals surface area contributed by atoms with Gasteiger partial charge in [-0.3, -0.25) is 0 Å². The topological polar surface area (TPSA) is 57.4 Å². The second-order valence-electron chi connectivity index (χ2n) is 7.68. The number of aromatic nitrogens is 4. The number of thioether (sulfide) groups is 1. The van der Waals surface area contributed by atoms with E-state index in [1.165, 1.54) is 24.2 Å². The Hall–Kier alpha value is -3.05. The minimum Gasteiger partial charge on any atom is -0.355 e. The number of hydrogen-bond donors (Lipinski definition) is 2. The van der Waals surface area contributed by atoms with Crippen LogP contribution >= 0.6 is 11.8 Å². The van der Waals surface area contributed by atoms with E-state index in [4.69, 9.17) is 9.97 Å². The van der Waals surface area contributed by atoms with Gasteiger partial charge in [-0.05, 0) is 79.6 Å². The maximum absolute atomic E-state index is 4.91. The molecule has 0 aromatic carbocycles. The zero-order valence-corrected chi connectivity index (χ0v) is 16.7. The predicted molar refractivity (Wildman–Crippen MR) is 122 cm³/mol. The van der Waals surface area contributed by atoms with Crippen LogP contribution in [0.2, 0.25) is 0 Å². The molecule has 5 heterocycles. The molecular formula is C24H20N4S. The molecule has 0 unspecified atom stereocenters. The van der Waals surface area contributed by atoms with Gasteiger partial charge in [0, 0.05) is 21.8 Å². The third-order valence-electron chi connectivity index (χ3n) is 5.51. The van der Waals surface area contributed by atoms with Crippen LogP contribution in [0.25, 0.3) is 46.4 Å². The summed E-state index contributed by atoms with van der Waals surface area (Å²) in [6.45, 7) is 0. The first-order valence-corrected chi connectivity index (χ1v) is 10.9. The highest BCUT2D eigenvalue weighted by Crippen LogP contribution is 2.40. The van der Waals surface area contributed by atoms with Gasteiger partial charge in [0.05, 0.1) is 33.2 Å². The van der Waals surface area contributed by atoms with E-state index in [-0.39, 0.29) is 0 Å². The number of nitrogens with one attached hydrogen (secondary N) is 2. The molecule has 1 saturated carbocycles. The van der Waals surface area contributed by atoms with Crippen molar-refractivity contribution in [3.63, 3.8) is 0 Å². The Bertz CT molecular complexity index is 1320. The SMILES string of the molecule is C1=Cc2cc3ccc(cc4ccc([nH]4)c(SC4CCC4)c4nc(cc1n2)C=C4)[nH]3. The molecule has 3 aromatic heterocycles. The number of aromatic amines is 2. The highest BCUT2D eigenvalue weighted by Gasteiger charge is 2.21. The van der Waals surface area contributed by atoms with Crippen molar-refractivity contribution in [2.45, 2.75) is 29.4 Å². The Labute approximate surface area is 172 Å². The molecule has 8 bridgehead atoms. The summed E-state index contributed by atoms with van der Waals surface area (Å²) in [7, 11) is 0. The van der Waals surface area contributed by atoms with Crippen molar-refractivity contribution < 1.29 is 0 Å². The Balaban J connectivity index is 1.64. The van der Waals surface area contributed by atoms with E-state index in [2.05, 4.69) is 58.5 Å². The normalized spacial score (nSPS) is 15.6. The summed E-state index contributed by atoms with van der Waals surface area (Å²) in [6, 6.07) is 14.7. The van der Waals surface area contributed by atoms with Crippen LogP contribution in [-0.4, -0.2) is 25.2 Å². The highest BCUT2D eigenvalue weighted by molar-refractivity contribution is 8.00. The van der Waals surface area contributed by atoms with E-state index in [0.29, 0.717) is 5.25 Å². The maximum Gasteiger partial charge on any atom is 0.0794 e. The van der Waals surface area contributed by atoms with Gasteiger partial charge in [-0.2, -0.15) is 0 Å². The van der Waals surface area contributed by atoms with Crippen molar-refractivity contribution in [3.8, 4) is 0 Å². The third-order valence-corrected chi connectivity index (χ3v) is 6.98. The molecule has 0 saturated heterocycles. The molecule has 142 valence electrons. The van der Waals surface area contributed by atoms with E-state index in [1.54, 1.807) is 0 Å². The Kier molecular flexibility index (Phi) is 3.94. The van der Waals surface area contributed by atoms with Crippen molar-refractivity contribution in [2.24, 2.45) is 0 Å². The molecule has 0 spiro atoms. The van der Waals surface area contributed by atoms with E-state index in [9.17, 15) is 0 Å². The van der Waals surface area contributed by atoms with Gasteiger partial charge in [-0.1, -0.05) is 6.42 Å². The molecule has 2 aliphatic heterocycles. The number of fused-ring (bicyclic) bond motifs is 8. The zero-order chi connectivity index (χ0) is 19.2. The van der Waals surface area contributed by atoms with Crippen molar-refractivity contribution >= 4 is 58.1 Å². The summed E-state index contributed by atoms with van der Waals surface area (Å²) in [6.07, 6.45) is 12.2. The minimum absolute atomic E-state index is 0.691. The fourth-order valence-electron chi connectivity index (χ4n) is 3.76. The number of rotatable bonds is 2. The van der Waals surface area contributed by atoms with Gasteiger partial charge in [-0.25, -0.2) is 9.97 Å². The molecule has 3 aromatic rings. The van der Waals surface area contributed by atoms with Crippen molar-refractivity contribution in [2.75, 3.05) is 0 Å². The predicted octanol–water partition coefficient (Wildman–Crippen LogP) is 6.30. The van der Waals surface area contributed by atoms with E-state index >= 15 is 0 Å². The summed E-state index contributed by atoms with van der Waals surface area (Å²) >= 11 is 1.96. The Morgan fingerprint density at radius 2 is 1.41 bits per heavy atom. The van der Waals surface area contributed by atoms with Crippen molar-refractivity contribution in [1.82, 2.24) is 19.9 Å². The molecule has 6 rings (SSSR count). The van der Waals surface area contributed by atoms with Crippen LogP contribution in [-0.2, 0) is 0 Å². The molecule has 4 nitrogen and oxygen atoms in total. The lowest BCUT2D eigenvalue weighted by molar-refractivity contribution is 0.522. The standard InChI is InChI=1S/C24H20N4S/c1-2-21(3-1)29-24-22-10-8-19(27-22)13-17-6-4-15(25-17)12-16-5-7-18(26-16)14-20-9-11-23(24)28-20/h4-14,21,25,27H,1-3H2. The zero-order valence-electron chi connectivity index (χ0n) is 15.9. The minimum atomic E-state index is 0.691. The van der Waals surface area contributed by atoms with Crippen molar-refractivity contribution in [3.05, 3.63) is 65.2 Å². The summed E-state index contributed by atoms with van der Waals surface area (Å²) < 4.78 is 0. The lowest BCUT2D eigenvalue weighted by Crippen LogP contribution is -2.12. The van der Waals surface area contributed by atoms with E-state index < -0.39 is 0 Å². The van der Waals surface area contributed by atoms with Crippen LogP contribution in [0.1, 0.15) is 42.0 Å². The molecule has 5 heteroatoms. The van der Waals surface area contributed by atoms with Gasteiger partial charge in [0.2, 0.25) is 0 Å². The fourth-order valence-corrected chi connectivity index (χ4v) is 5.14. The monoisotopic (exact) mass is 396 g/mol. The van der Waals surface area contributed by atoms with E-state index in [1.807, 2.05) is 30.0 Å². The number of H-pyrrole nitrogens is 2. The summed E-state index contributed by atoms with van der Waals surface area (Å²) in [5.41, 5.74) is 8.19. The Morgan fingerprint density at radius 1 is 0.724 bits per heavy atom. The molecule has 1 aliphatic carbocycles. The van der Waals surface area contributed by atoms with Gasteiger partial charge in [0.25, 0.3) is 0 Å². The second-order valence-corrected chi connectivity index (χ2v) is 8.99. The average Bonchev–Trinajstić information content (AvgIpc) is 3.44. The molecule has 29 heavy (non-hydrogen) atoms. The molecule has 0 amide bonds. The quantitative estimate of drug-likeness (QED) is 0.368. The largest absolute Gasteiger partial charge is 0.355 e. The van der Waals surface area contributed by atoms with E-state index in [0.717, 1.165) is 44.8 Å². The van der Waals surface area contributed by atoms with Gasteiger partial charge in [-0.15, -0.1) is 11.8 Å². The smallest absolute Gasteiger partial charge is 0.0794 e. The molecular weight excluding hydrogens is 376 g/mol. The molecule has 0 atom stereocenters. The number of hydrogen-bond acceptors (Lipinski definition) is 3. The van der Waals surface area contributed by atoms with Crippen LogP contribution < -0.4 is 0 Å². The lowest BCUT2D eigenvalue weighted by Gasteiger charge is -2.24. The molecule has 0 radical (unpaired) electrons. The van der Waals surface area contributed by atoms with Gasteiger partial charge < -0.3 is 9.97 Å². The lowest BCUT2D eigenvalue weighted by atomic mass is 10.00. The first-order chi connectivity index (χ1) is 14.3. The van der Waals surface area contributed by atoms with Crippen LogP contribution in [0.3, 0.4) is 0 Å². The third kappa shape index (κ3) is 3.32. The summed E-state index contributed by atoms with van der Waals surface area (Å²) in [5.74, 6) is 0. The fraction of sp³-hybridized carbons (Fsp3) is 0.167. The van der Waals surface area contributed by atoms with Crippen molar-refractivity contribution in [1.29, 1.82) is 0 Å². The van der Waals surface area contributed by atoms with Gasteiger partial charge in [0.1, 0.15) is 0 Å². The van der Waals surface area contributed by atoms with Gasteiger partial charge >= 0.3 is 0 Å². The Morgan fingerprint density at radius 3 is 2.24 bits per heavy atom. The van der Waals surface area contributed by atoms with Crippen LogP contribution in [0.5, 0.6) is 0 Å². The summed E-state index contributed by atoms with van der Waals surface area (Å²) in [4.78, 5) is 17.9. The van der Waals surface area contributed by atoms with Crippen LogP contribution in [0.4, 0.5) is 0 Å². The molecule has 1 fully saturated rings. The summed E-state index contributed by atoms with van der Waals surface area (Å²) in [5, 5.41) is 0.691. The maximum atomic E-state index is 4.91. The van der Waals surface area contributed by atoms with Crippen LogP contribution in [0.15, 0.2) is 47.4 Å². The molecule has 3 aliphatic rings. The first-order valence-electron chi connectivity index (χ1n) is 10.0. The van der Waals surface area contributed by atoms with Crippen LogP contribution in [0, 0.1) is 0 Å². The highest BCUT2D eigenvalue weighted by atomic mass is 32.2. The number of nitrogens with zero attached hydrogens (tertiary/aromatic N) is 2. The second kappa shape index (κ2) is 6.78.